The van der Waals surface area contributed by atoms with Crippen LogP contribution in [0, 0.1) is 18.7 Å². The average molecular weight is 265 g/mol. The molecule has 1 aliphatic carbocycles. The summed E-state index contributed by atoms with van der Waals surface area (Å²) in [4.78, 5) is 0. The third kappa shape index (κ3) is 4.83. The van der Waals surface area contributed by atoms with Gasteiger partial charge in [0.25, 0.3) is 0 Å². The van der Waals surface area contributed by atoms with Gasteiger partial charge in [0.2, 0.25) is 0 Å². The van der Waals surface area contributed by atoms with Crippen molar-refractivity contribution in [3.63, 3.8) is 0 Å². The van der Waals surface area contributed by atoms with Gasteiger partial charge in [-0.05, 0) is 43.9 Å². The van der Waals surface area contributed by atoms with E-state index in [1.54, 1.807) is 13.0 Å². The van der Waals surface area contributed by atoms with Crippen LogP contribution in [0.4, 0.5) is 4.39 Å². The van der Waals surface area contributed by atoms with Gasteiger partial charge in [-0.1, -0.05) is 25.3 Å². The van der Waals surface area contributed by atoms with Crippen LogP contribution in [0.5, 0.6) is 5.75 Å². The number of nitrogens with one attached hydrogen (secondary N) is 1. The molecular weight excluding hydrogens is 241 g/mol. The molecule has 19 heavy (non-hydrogen) atoms. The number of halogens is 1. The molecule has 1 aromatic carbocycles. The molecule has 0 spiro atoms. The summed E-state index contributed by atoms with van der Waals surface area (Å²) in [5.74, 6) is 1.25. The van der Waals surface area contributed by atoms with Gasteiger partial charge in [-0.2, -0.15) is 0 Å². The Labute approximate surface area is 115 Å². The molecular formula is C16H24FNO. The van der Waals surface area contributed by atoms with Gasteiger partial charge in [0.15, 0.2) is 0 Å². The first-order valence-corrected chi connectivity index (χ1v) is 7.35. The Kier molecular flexibility index (Phi) is 5.64. The summed E-state index contributed by atoms with van der Waals surface area (Å²) in [7, 11) is 0. The van der Waals surface area contributed by atoms with Crippen molar-refractivity contribution < 1.29 is 9.13 Å². The van der Waals surface area contributed by atoms with Crippen LogP contribution in [0.15, 0.2) is 18.2 Å². The first-order valence-electron chi connectivity index (χ1n) is 7.35. The minimum atomic E-state index is -0.201. The highest BCUT2D eigenvalue weighted by Gasteiger charge is 2.12. The minimum absolute atomic E-state index is 0.201. The summed E-state index contributed by atoms with van der Waals surface area (Å²) in [5, 5.41) is 3.43. The zero-order valence-corrected chi connectivity index (χ0v) is 11.8. The number of benzene rings is 1. The minimum Gasteiger partial charge on any atom is -0.492 e. The SMILES string of the molecule is Cc1ccc(OCCNCC2CCCCC2)cc1F. The summed E-state index contributed by atoms with van der Waals surface area (Å²) >= 11 is 0. The van der Waals surface area contributed by atoms with Crippen molar-refractivity contribution in [3.8, 4) is 5.75 Å². The molecule has 1 aromatic rings. The Morgan fingerprint density at radius 2 is 2.05 bits per heavy atom. The predicted octanol–water partition coefficient (Wildman–Crippen LogP) is 3.68. The van der Waals surface area contributed by atoms with E-state index in [4.69, 9.17) is 4.74 Å². The van der Waals surface area contributed by atoms with Gasteiger partial charge in [-0.15, -0.1) is 0 Å². The van der Waals surface area contributed by atoms with Gasteiger partial charge < -0.3 is 10.1 Å². The maximum Gasteiger partial charge on any atom is 0.129 e. The van der Waals surface area contributed by atoms with Gasteiger partial charge in [0, 0.05) is 12.6 Å². The first kappa shape index (κ1) is 14.3. The van der Waals surface area contributed by atoms with E-state index in [0.29, 0.717) is 17.9 Å². The average Bonchev–Trinajstić information content (AvgIpc) is 2.43. The topological polar surface area (TPSA) is 21.3 Å². The quantitative estimate of drug-likeness (QED) is 0.792. The molecule has 2 rings (SSSR count). The summed E-state index contributed by atoms with van der Waals surface area (Å²) in [6, 6.07) is 5.02. The first-order chi connectivity index (χ1) is 9.25. The summed E-state index contributed by atoms with van der Waals surface area (Å²) in [5.41, 5.74) is 0.655. The van der Waals surface area contributed by atoms with Crippen LogP contribution in [0.2, 0.25) is 0 Å². The molecule has 0 saturated heterocycles. The molecule has 0 atom stereocenters. The van der Waals surface area contributed by atoms with Gasteiger partial charge >= 0.3 is 0 Å². The van der Waals surface area contributed by atoms with Crippen LogP contribution in [-0.2, 0) is 0 Å². The van der Waals surface area contributed by atoms with E-state index in [-0.39, 0.29) is 5.82 Å². The van der Waals surface area contributed by atoms with Crippen molar-refractivity contribution >= 4 is 0 Å². The lowest BCUT2D eigenvalue weighted by atomic mass is 9.89. The second kappa shape index (κ2) is 7.49. The molecule has 0 bridgehead atoms. The maximum atomic E-state index is 13.3. The van der Waals surface area contributed by atoms with Crippen LogP contribution in [-0.4, -0.2) is 19.7 Å². The van der Waals surface area contributed by atoms with Crippen LogP contribution in [0.3, 0.4) is 0 Å². The highest BCUT2D eigenvalue weighted by Crippen LogP contribution is 2.22. The molecule has 0 amide bonds. The van der Waals surface area contributed by atoms with E-state index < -0.39 is 0 Å². The van der Waals surface area contributed by atoms with Gasteiger partial charge in [-0.25, -0.2) is 4.39 Å². The second-order valence-corrected chi connectivity index (χ2v) is 5.47. The third-order valence-electron chi connectivity index (χ3n) is 3.85. The van der Waals surface area contributed by atoms with Crippen molar-refractivity contribution in [1.82, 2.24) is 5.32 Å². The molecule has 1 fully saturated rings. The fourth-order valence-corrected chi connectivity index (χ4v) is 2.60. The van der Waals surface area contributed by atoms with Crippen molar-refractivity contribution in [1.29, 1.82) is 0 Å². The molecule has 0 aromatic heterocycles. The van der Waals surface area contributed by atoms with Crippen LogP contribution < -0.4 is 10.1 Å². The van der Waals surface area contributed by atoms with E-state index >= 15 is 0 Å². The summed E-state index contributed by atoms with van der Waals surface area (Å²) in [6.07, 6.45) is 6.88. The Balaban J connectivity index is 1.59. The van der Waals surface area contributed by atoms with E-state index in [0.717, 1.165) is 19.0 Å². The molecule has 0 aliphatic heterocycles. The molecule has 0 unspecified atom stereocenters. The van der Waals surface area contributed by atoms with Gasteiger partial charge in [-0.3, -0.25) is 0 Å². The largest absolute Gasteiger partial charge is 0.492 e. The number of hydrogen-bond donors (Lipinski definition) is 1. The number of rotatable bonds is 6. The predicted molar refractivity (Wildman–Crippen MR) is 76.1 cm³/mol. The maximum absolute atomic E-state index is 13.3. The van der Waals surface area contributed by atoms with Gasteiger partial charge in [0.05, 0.1) is 0 Å². The summed E-state index contributed by atoms with van der Waals surface area (Å²) < 4.78 is 18.8. The smallest absolute Gasteiger partial charge is 0.129 e. The monoisotopic (exact) mass is 265 g/mol. The van der Waals surface area contributed by atoms with Crippen molar-refractivity contribution in [2.75, 3.05) is 19.7 Å². The molecule has 3 heteroatoms. The van der Waals surface area contributed by atoms with Crippen molar-refractivity contribution in [3.05, 3.63) is 29.6 Å². The van der Waals surface area contributed by atoms with Gasteiger partial charge in [0.1, 0.15) is 18.2 Å². The summed E-state index contributed by atoms with van der Waals surface area (Å²) in [6.45, 7) is 4.26. The van der Waals surface area contributed by atoms with Crippen molar-refractivity contribution in [2.45, 2.75) is 39.0 Å². The van der Waals surface area contributed by atoms with Crippen LogP contribution in [0.25, 0.3) is 0 Å². The van der Waals surface area contributed by atoms with Crippen LogP contribution >= 0.6 is 0 Å². The van der Waals surface area contributed by atoms with Crippen molar-refractivity contribution in [2.24, 2.45) is 5.92 Å². The third-order valence-corrected chi connectivity index (χ3v) is 3.85. The fraction of sp³-hybridized carbons (Fsp3) is 0.625. The normalized spacial score (nSPS) is 16.5. The highest BCUT2D eigenvalue weighted by molar-refractivity contribution is 5.27. The number of ether oxygens (including phenoxy) is 1. The molecule has 106 valence electrons. The highest BCUT2D eigenvalue weighted by atomic mass is 19.1. The van der Waals surface area contributed by atoms with Crippen LogP contribution in [0.1, 0.15) is 37.7 Å². The molecule has 0 radical (unpaired) electrons. The molecule has 2 nitrogen and oxygen atoms in total. The van der Waals surface area contributed by atoms with E-state index in [1.165, 1.54) is 38.2 Å². The fourth-order valence-electron chi connectivity index (χ4n) is 2.60. The van der Waals surface area contributed by atoms with E-state index in [2.05, 4.69) is 5.32 Å². The number of aryl methyl sites for hydroxylation is 1. The Hall–Kier alpha value is -1.09. The lowest BCUT2D eigenvalue weighted by Gasteiger charge is -2.21. The lowest BCUT2D eigenvalue weighted by Crippen LogP contribution is -2.28. The number of hydrogen-bond acceptors (Lipinski definition) is 2. The Morgan fingerprint density at radius 1 is 1.26 bits per heavy atom. The van der Waals surface area contributed by atoms with E-state index in [9.17, 15) is 4.39 Å². The standard InChI is InChI=1S/C16H24FNO/c1-13-7-8-15(11-16(13)17)19-10-9-18-12-14-5-3-2-4-6-14/h7-8,11,14,18H,2-6,9-10,12H2,1H3. The molecule has 1 saturated carbocycles. The van der Waals surface area contributed by atoms with E-state index in [1.807, 2.05) is 6.07 Å². The zero-order valence-electron chi connectivity index (χ0n) is 11.8. The Morgan fingerprint density at radius 3 is 2.79 bits per heavy atom. The second-order valence-electron chi connectivity index (χ2n) is 5.47. The zero-order chi connectivity index (χ0) is 13.5. The Bertz CT molecular complexity index is 388. The molecule has 1 aliphatic rings. The molecule has 0 heterocycles. The molecule has 1 N–H and O–H groups in total. The lowest BCUT2D eigenvalue weighted by molar-refractivity contribution is 0.293.